The summed E-state index contributed by atoms with van der Waals surface area (Å²) in [7, 11) is 1.60. The molecule has 0 heterocycles. The molecule has 0 atom stereocenters. The molecule has 58 valence electrons. The van der Waals surface area contributed by atoms with E-state index in [-0.39, 0.29) is 0 Å². The Kier molecular flexibility index (Phi) is 4.54. The first-order valence-corrected chi connectivity index (χ1v) is 3.32. The Morgan fingerprint density at radius 2 is 1.90 bits per heavy atom. The van der Waals surface area contributed by atoms with Gasteiger partial charge in [0.15, 0.2) is 0 Å². The van der Waals surface area contributed by atoms with Crippen LogP contribution in [0.25, 0.3) is 0 Å². The lowest BCUT2D eigenvalue weighted by Crippen LogP contribution is -1.97. The van der Waals surface area contributed by atoms with E-state index in [0.717, 1.165) is 12.1 Å². The Morgan fingerprint density at radius 3 is 2.20 bits per heavy atom. The molecule has 0 fully saturated rings. The van der Waals surface area contributed by atoms with Gasteiger partial charge < -0.3 is 4.74 Å². The number of methoxy groups -OCH3 is 1. The van der Waals surface area contributed by atoms with Crippen LogP contribution in [-0.4, -0.2) is 18.7 Å². The number of ether oxygens (including phenoxy) is 1. The van der Waals surface area contributed by atoms with Crippen molar-refractivity contribution in [3.8, 4) is 0 Å². The first-order chi connectivity index (χ1) is 4.70. The maximum Gasteiger partial charge on any atom is 0.207 e. The third-order valence-electron chi connectivity index (χ3n) is 0.900. The van der Waals surface area contributed by atoms with Gasteiger partial charge in [-0.1, -0.05) is 6.92 Å². The molecule has 10 heavy (non-hydrogen) atoms. The fraction of sp³-hybridized carbons (Fsp3) is 0.714. The van der Waals surface area contributed by atoms with E-state index in [1.165, 1.54) is 0 Å². The largest absolute Gasteiger partial charge is 0.483 e. The van der Waals surface area contributed by atoms with Crippen LogP contribution in [0.15, 0.2) is 10.2 Å². The van der Waals surface area contributed by atoms with Gasteiger partial charge in [0.1, 0.15) is 0 Å². The van der Waals surface area contributed by atoms with E-state index in [1.807, 2.05) is 20.8 Å². The van der Waals surface area contributed by atoms with Crippen LogP contribution >= 0.6 is 0 Å². The predicted molar refractivity (Wildman–Crippen MR) is 43.5 cm³/mol. The quantitative estimate of drug-likeness (QED) is 0.329. The molecule has 0 aromatic rings. The summed E-state index contributed by atoms with van der Waals surface area (Å²) in [5, 5.41) is 7.69. The van der Waals surface area contributed by atoms with Crippen LogP contribution in [0.1, 0.15) is 27.2 Å². The van der Waals surface area contributed by atoms with Crippen molar-refractivity contribution < 1.29 is 4.74 Å². The maximum absolute atomic E-state index is 4.89. The van der Waals surface area contributed by atoms with Crippen molar-refractivity contribution >= 4 is 11.6 Å². The van der Waals surface area contributed by atoms with E-state index >= 15 is 0 Å². The minimum absolute atomic E-state index is 0.668. The van der Waals surface area contributed by atoms with Gasteiger partial charge in [-0.15, -0.1) is 5.10 Å². The Morgan fingerprint density at radius 1 is 1.30 bits per heavy atom. The molecule has 0 aliphatic carbocycles. The van der Waals surface area contributed by atoms with Crippen molar-refractivity contribution in [3.63, 3.8) is 0 Å². The zero-order chi connectivity index (χ0) is 7.98. The number of rotatable bonds is 2. The minimum Gasteiger partial charge on any atom is -0.483 e. The standard InChI is InChI=1S/C7H14N2O/c1-5-7(10-4)9-8-6(2)3/h5H2,1-4H3. The van der Waals surface area contributed by atoms with Gasteiger partial charge in [-0.3, -0.25) is 0 Å². The van der Waals surface area contributed by atoms with Gasteiger partial charge in [0, 0.05) is 12.1 Å². The SMILES string of the molecule is CCC(=NN=C(C)C)OC. The highest BCUT2D eigenvalue weighted by atomic mass is 16.5. The number of nitrogens with zero attached hydrogens (tertiary/aromatic N) is 2. The van der Waals surface area contributed by atoms with Crippen molar-refractivity contribution in [2.45, 2.75) is 27.2 Å². The molecule has 3 nitrogen and oxygen atoms in total. The van der Waals surface area contributed by atoms with Gasteiger partial charge in [0.25, 0.3) is 0 Å². The Labute approximate surface area is 61.8 Å². The van der Waals surface area contributed by atoms with Crippen LogP contribution in [0.4, 0.5) is 0 Å². The molecule has 0 saturated heterocycles. The lowest BCUT2D eigenvalue weighted by molar-refractivity contribution is 0.390. The first kappa shape index (κ1) is 9.14. The zero-order valence-corrected chi connectivity index (χ0v) is 7.01. The highest BCUT2D eigenvalue weighted by molar-refractivity contribution is 5.81. The van der Waals surface area contributed by atoms with Gasteiger partial charge in [0.2, 0.25) is 5.90 Å². The lowest BCUT2D eigenvalue weighted by atomic mass is 10.5. The molecule has 0 amide bonds. The molecular formula is C7H14N2O. The molecule has 0 aromatic heterocycles. The van der Waals surface area contributed by atoms with E-state index in [9.17, 15) is 0 Å². The minimum atomic E-state index is 0.668. The molecule has 0 spiro atoms. The van der Waals surface area contributed by atoms with Crippen LogP contribution in [-0.2, 0) is 4.74 Å². The monoisotopic (exact) mass is 142 g/mol. The van der Waals surface area contributed by atoms with Crippen LogP contribution in [0.5, 0.6) is 0 Å². The third kappa shape index (κ3) is 4.06. The van der Waals surface area contributed by atoms with Gasteiger partial charge in [0.05, 0.1) is 7.11 Å². The average Bonchev–Trinajstić information content (AvgIpc) is 1.90. The molecule has 0 N–H and O–H groups in total. The first-order valence-electron chi connectivity index (χ1n) is 3.32. The van der Waals surface area contributed by atoms with E-state index in [1.54, 1.807) is 7.11 Å². The highest BCUT2D eigenvalue weighted by Crippen LogP contribution is 1.88. The Hall–Kier alpha value is -0.860. The van der Waals surface area contributed by atoms with Crippen molar-refractivity contribution in [2.75, 3.05) is 7.11 Å². The normalized spacial score (nSPS) is 11.0. The molecule has 0 aromatic carbocycles. The van der Waals surface area contributed by atoms with Crippen LogP contribution in [0.3, 0.4) is 0 Å². The van der Waals surface area contributed by atoms with Gasteiger partial charge in [-0.2, -0.15) is 5.10 Å². The summed E-state index contributed by atoms with van der Waals surface area (Å²) in [6.45, 7) is 5.77. The smallest absolute Gasteiger partial charge is 0.207 e. The fourth-order valence-corrected chi connectivity index (χ4v) is 0.412. The molecule has 0 unspecified atom stereocenters. The van der Waals surface area contributed by atoms with Crippen molar-refractivity contribution in [2.24, 2.45) is 10.2 Å². The summed E-state index contributed by atoms with van der Waals surface area (Å²) in [6.07, 6.45) is 0.785. The van der Waals surface area contributed by atoms with Crippen LogP contribution < -0.4 is 0 Å². The second-order valence-corrected chi connectivity index (χ2v) is 2.10. The maximum atomic E-state index is 4.89. The van der Waals surface area contributed by atoms with Gasteiger partial charge >= 0.3 is 0 Å². The molecule has 0 saturated carbocycles. The Balaban J connectivity index is 3.99. The molecule has 0 aliphatic heterocycles. The molecule has 0 rings (SSSR count). The topological polar surface area (TPSA) is 34.0 Å². The summed E-state index contributed by atoms with van der Waals surface area (Å²) in [4.78, 5) is 0. The van der Waals surface area contributed by atoms with E-state index in [2.05, 4.69) is 10.2 Å². The van der Waals surface area contributed by atoms with Gasteiger partial charge in [-0.25, -0.2) is 0 Å². The molecule has 3 heteroatoms. The summed E-state index contributed by atoms with van der Waals surface area (Å²) in [6, 6.07) is 0. The van der Waals surface area contributed by atoms with E-state index in [0.29, 0.717) is 5.90 Å². The van der Waals surface area contributed by atoms with Crippen LogP contribution in [0, 0.1) is 0 Å². The molecule has 0 bridgehead atoms. The number of hydrogen-bond acceptors (Lipinski definition) is 3. The predicted octanol–water partition coefficient (Wildman–Crippen LogP) is 1.84. The molecule has 0 aliphatic rings. The van der Waals surface area contributed by atoms with Crippen molar-refractivity contribution in [3.05, 3.63) is 0 Å². The average molecular weight is 142 g/mol. The second kappa shape index (κ2) is 4.97. The second-order valence-electron chi connectivity index (χ2n) is 2.10. The summed E-state index contributed by atoms with van der Waals surface area (Å²) >= 11 is 0. The highest BCUT2D eigenvalue weighted by Gasteiger charge is 1.89. The molecule has 0 radical (unpaired) electrons. The summed E-state index contributed by atoms with van der Waals surface area (Å²) in [5.41, 5.74) is 0.933. The number of hydrogen-bond donors (Lipinski definition) is 0. The summed E-state index contributed by atoms with van der Waals surface area (Å²) < 4.78 is 4.89. The third-order valence-corrected chi connectivity index (χ3v) is 0.900. The van der Waals surface area contributed by atoms with Crippen molar-refractivity contribution in [1.29, 1.82) is 0 Å². The van der Waals surface area contributed by atoms with Gasteiger partial charge in [-0.05, 0) is 13.8 Å². The summed E-state index contributed by atoms with van der Waals surface area (Å²) in [5.74, 6) is 0.668. The molecular weight excluding hydrogens is 128 g/mol. The van der Waals surface area contributed by atoms with Crippen LogP contribution in [0.2, 0.25) is 0 Å². The van der Waals surface area contributed by atoms with Crippen molar-refractivity contribution in [1.82, 2.24) is 0 Å². The van der Waals surface area contributed by atoms with E-state index in [4.69, 9.17) is 4.74 Å². The fourth-order valence-electron chi connectivity index (χ4n) is 0.412. The van der Waals surface area contributed by atoms with E-state index < -0.39 is 0 Å². The zero-order valence-electron chi connectivity index (χ0n) is 7.01. The Bertz CT molecular complexity index is 140. The lowest BCUT2D eigenvalue weighted by Gasteiger charge is -1.96.